The summed E-state index contributed by atoms with van der Waals surface area (Å²) in [6.45, 7) is 16.5. The van der Waals surface area contributed by atoms with Crippen LogP contribution in [0.2, 0.25) is 0 Å². The summed E-state index contributed by atoms with van der Waals surface area (Å²) in [4.78, 5) is 4.44. The summed E-state index contributed by atoms with van der Waals surface area (Å²) >= 11 is 0. The minimum Gasteiger partial charge on any atom is -0.350 e. The van der Waals surface area contributed by atoms with E-state index in [1.807, 2.05) is 0 Å². The smallest absolute Gasteiger partial charge is 0.101 e. The summed E-state index contributed by atoms with van der Waals surface area (Å²) in [5, 5.41) is 0. The lowest BCUT2D eigenvalue weighted by atomic mass is 10.3. The molecule has 2 nitrogen and oxygen atoms in total. The van der Waals surface area contributed by atoms with E-state index in [1.165, 1.54) is 0 Å². The molecule has 1 heterocycles. The first-order chi connectivity index (χ1) is 5.57. The van der Waals surface area contributed by atoms with E-state index in [0.717, 1.165) is 24.6 Å². The van der Waals surface area contributed by atoms with Crippen LogP contribution in [0.3, 0.4) is 0 Å². The van der Waals surface area contributed by atoms with Gasteiger partial charge in [0.15, 0.2) is 0 Å². The molecule has 1 aliphatic rings. The average Bonchev–Trinajstić information content (AvgIpc) is 2.27. The summed E-state index contributed by atoms with van der Waals surface area (Å²) in [5.74, 6) is 1.09. The first-order valence-corrected chi connectivity index (χ1v) is 4.48. The summed E-state index contributed by atoms with van der Waals surface area (Å²) < 4.78 is 0. The van der Waals surface area contributed by atoms with E-state index in [-0.39, 0.29) is 0 Å². The molecule has 1 rings (SSSR count). The molecule has 12 heavy (non-hydrogen) atoms. The molecule has 0 spiro atoms. The molecular formula is C10H18N2. The Labute approximate surface area is 75.2 Å². The summed E-state index contributed by atoms with van der Waals surface area (Å²) in [7, 11) is 0. The largest absolute Gasteiger partial charge is 0.350 e. The lowest BCUT2D eigenvalue weighted by Crippen LogP contribution is -2.28. The van der Waals surface area contributed by atoms with E-state index in [9.17, 15) is 0 Å². The van der Waals surface area contributed by atoms with Gasteiger partial charge in [-0.25, -0.2) is 0 Å². The Kier molecular flexibility index (Phi) is 2.46. The molecule has 0 saturated carbocycles. The van der Waals surface area contributed by atoms with Crippen LogP contribution in [0.4, 0.5) is 0 Å². The van der Waals surface area contributed by atoms with E-state index >= 15 is 0 Å². The Balaban J connectivity index is 2.75. The summed E-state index contributed by atoms with van der Waals surface area (Å²) in [6, 6.07) is 0.519. The predicted molar refractivity (Wildman–Crippen MR) is 52.5 cm³/mol. The second kappa shape index (κ2) is 3.21. The monoisotopic (exact) mass is 166 g/mol. The molecule has 0 atom stereocenters. The highest BCUT2D eigenvalue weighted by Gasteiger charge is 2.26. The van der Waals surface area contributed by atoms with E-state index < -0.39 is 0 Å². The standard InChI is InChI=1S/C10H18N2/c1-6-11-9(4)7-12(8(2)3)10(11)5/h8H,4-7H2,1-3H3. The van der Waals surface area contributed by atoms with Crippen molar-refractivity contribution in [2.45, 2.75) is 26.8 Å². The Morgan fingerprint density at radius 1 is 1.42 bits per heavy atom. The molecular weight excluding hydrogens is 148 g/mol. The Hall–Kier alpha value is -0.920. The fourth-order valence-electron chi connectivity index (χ4n) is 1.60. The molecule has 0 bridgehead atoms. The van der Waals surface area contributed by atoms with E-state index in [2.05, 4.69) is 43.7 Å². The van der Waals surface area contributed by atoms with Crippen LogP contribution in [-0.4, -0.2) is 28.9 Å². The van der Waals surface area contributed by atoms with Gasteiger partial charge in [-0.1, -0.05) is 13.2 Å². The number of nitrogens with zero attached hydrogens (tertiary/aromatic N) is 2. The maximum atomic E-state index is 4.05. The molecule has 2 heteroatoms. The van der Waals surface area contributed by atoms with Crippen molar-refractivity contribution in [2.75, 3.05) is 13.1 Å². The van der Waals surface area contributed by atoms with Gasteiger partial charge in [-0.05, 0) is 20.8 Å². The SMILES string of the molecule is C=C1CN(C(C)C)C(=C)N1CC. The van der Waals surface area contributed by atoms with Crippen molar-refractivity contribution in [3.63, 3.8) is 0 Å². The number of hydrogen-bond acceptors (Lipinski definition) is 2. The van der Waals surface area contributed by atoms with E-state index in [1.54, 1.807) is 0 Å². The molecule has 0 amide bonds. The molecule has 1 saturated heterocycles. The van der Waals surface area contributed by atoms with Gasteiger partial charge in [0.25, 0.3) is 0 Å². The molecule has 0 N–H and O–H groups in total. The Morgan fingerprint density at radius 3 is 2.25 bits per heavy atom. The molecule has 1 aliphatic heterocycles. The molecule has 0 aromatic rings. The van der Waals surface area contributed by atoms with Gasteiger partial charge in [-0.15, -0.1) is 0 Å². The molecule has 0 aromatic heterocycles. The third-order valence-electron chi connectivity index (χ3n) is 2.32. The highest BCUT2D eigenvalue weighted by atomic mass is 15.4. The summed E-state index contributed by atoms with van der Waals surface area (Å²) in [6.07, 6.45) is 0. The fraction of sp³-hybridized carbons (Fsp3) is 0.600. The highest BCUT2D eigenvalue weighted by molar-refractivity contribution is 5.17. The van der Waals surface area contributed by atoms with Gasteiger partial charge in [-0.3, -0.25) is 0 Å². The molecule has 0 radical (unpaired) electrons. The van der Waals surface area contributed by atoms with Crippen molar-refractivity contribution in [1.29, 1.82) is 0 Å². The van der Waals surface area contributed by atoms with Crippen molar-refractivity contribution in [1.82, 2.24) is 9.80 Å². The van der Waals surface area contributed by atoms with Crippen molar-refractivity contribution < 1.29 is 0 Å². The normalized spacial score (nSPS) is 18.3. The molecule has 68 valence electrons. The molecule has 1 fully saturated rings. The quantitative estimate of drug-likeness (QED) is 0.619. The average molecular weight is 166 g/mol. The second-order valence-electron chi connectivity index (χ2n) is 3.45. The Bertz CT molecular complexity index is 206. The van der Waals surface area contributed by atoms with Crippen LogP contribution in [-0.2, 0) is 0 Å². The van der Waals surface area contributed by atoms with Crippen LogP contribution in [0.5, 0.6) is 0 Å². The van der Waals surface area contributed by atoms with Gasteiger partial charge < -0.3 is 9.80 Å². The maximum Gasteiger partial charge on any atom is 0.101 e. The van der Waals surface area contributed by atoms with Crippen LogP contribution in [0, 0.1) is 0 Å². The van der Waals surface area contributed by atoms with Crippen LogP contribution in [0.25, 0.3) is 0 Å². The molecule has 0 aliphatic carbocycles. The minimum absolute atomic E-state index is 0.519. The minimum atomic E-state index is 0.519. The van der Waals surface area contributed by atoms with Crippen LogP contribution >= 0.6 is 0 Å². The van der Waals surface area contributed by atoms with Crippen LogP contribution < -0.4 is 0 Å². The van der Waals surface area contributed by atoms with Gasteiger partial charge in [0.1, 0.15) is 5.82 Å². The van der Waals surface area contributed by atoms with Gasteiger partial charge in [-0.2, -0.15) is 0 Å². The zero-order valence-corrected chi connectivity index (χ0v) is 8.30. The van der Waals surface area contributed by atoms with Crippen molar-refractivity contribution >= 4 is 0 Å². The first kappa shape index (κ1) is 9.17. The number of rotatable bonds is 2. The molecule has 0 aromatic carbocycles. The van der Waals surface area contributed by atoms with Gasteiger partial charge in [0.2, 0.25) is 0 Å². The van der Waals surface area contributed by atoms with Crippen LogP contribution in [0.15, 0.2) is 24.7 Å². The lowest BCUT2D eigenvalue weighted by molar-refractivity contribution is 0.299. The van der Waals surface area contributed by atoms with Gasteiger partial charge in [0.05, 0.1) is 6.54 Å². The zero-order chi connectivity index (χ0) is 9.30. The summed E-state index contributed by atoms with van der Waals surface area (Å²) in [5.41, 5.74) is 1.16. The van der Waals surface area contributed by atoms with E-state index in [0.29, 0.717) is 6.04 Å². The van der Waals surface area contributed by atoms with Gasteiger partial charge in [0, 0.05) is 18.3 Å². The fourth-order valence-corrected chi connectivity index (χ4v) is 1.60. The number of hydrogen-bond donors (Lipinski definition) is 0. The topological polar surface area (TPSA) is 6.48 Å². The van der Waals surface area contributed by atoms with Crippen LogP contribution in [0.1, 0.15) is 20.8 Å². The predicted octanol–water partition coefficient (Wildman–Crippen LogP) is 2.02. The zero-order valence-electron chi connectivity index (χ0n) is 8.30. The van der Waals surface area contributed by atoms with Crippen molar-refractivity contribution in [3.8, 4) is 0 Å². The first-order valence-electron chi connectivity index (χ1n) is 4.48. The maximum absolute atomic E-state index is 4.05. The Morgan fingerprint density at radius 2 is 2.00 bits per heavy atom. The third kappa shape index (κ3) is 1.33. The second-order valence-corrected chi connectivity index (χ2v) is 3.45. The number of likely N-dealkylation sites (N-methyl/N-ethyl adjacent to an activating group) is 1. The lowest BCUT2D eigenvalue weighted by Gasteiger charge is -2.25. The van der Waals surface area contributed by atoms with Gasteiger partial charge >= 0.3 is 0 Å². The third-order valence-corrected chi connectivity index (χ3v) is 2.32. The van der Waals surface area contributed by atoms with E-state index in [4.69, 9.17) is 0 Å². The van der Waals surface area contributed by atoms with Crippen molar-refractivity contribution in [3.05, 3.63) is 24.7 Å². The molecule has 0 unspecified atom stereocenters. The highest BCUT2D eigenvalue weighted by Crippen LogP contribution is 2.25. The van der Waals surface area contributed by atoms with Crippen molar-refractivity contribution in [2.24, 2.45) is 0 Å².